The molecule has 0 fully saturated rings. The van der Waals surface area contributed by atoms with Gasteiger partial charge in [-0.05, 0) is 18.1 Å². The maximum Gasteiger partial charge on any atom is 0.120 e. The van der Waals surface area contributed by atoms with Gasteiger partial charge < -0.3 is 19.9 Å². The molecule has 0 aliphatic rings. The second kappa shape index (κ2) is 6.61. The van der Waals surface area contributed by atoms with Crippen molar-refractivity contribution in [2.24, 2.45) is 5.92 Å². The molecule has 0 saturated carbocycles. The van der Waals surface area contributed by atoms with Crippen LogP contribution < -0.4 is 10.1 Å². The number of rotatable bonds is 7. The van der Waals surface area contributed by atoms with Gasteiger partial charge in [0.25, 0.3) is 0 Å². The van der Waals surface area contributed by atoms with Crippen LogP contribution in [0.15, 0.2) is 24.3 Å². The van der Waals surface area contributed by atoms with Crippen LogP contribution in [0.2, 0.25) is 0 Å². The molecular formula is C14H23NO3. The summed E-state index contributed by atoms with van der Waals surface area (Å²) < 4.78 is 10.4. The molecule has 0 aliphatic carbocycles. The van der Waals surface area contributed by atoms with Crippen molar-refractivity contribution in [2.75, 3.05) is 32.8 Å². The van der Waals surface area contributed by atoms with Crippen LogP contribution in [0.1, 0.15) is 13.8 Å². The average molecular weight is 253 g/mol. The van der Waals surface area contributed by atoms with E-state index in [0.717, 1.165) is 11.4 Å². The van der Waals surface area contributed by atoms with Crippen LogP contribution in [0.4, 0.5) is 5.69 Å². The fourth-order valence-electron chi connectivity index (χ4n) is 1.86. The van der Waals surface area contributed by atoms with Gasteiger partial charge in [-0.3, -0.25) is 0 Å². The van der Waals surface area contributed by atoms with Gasteiger partial charge in [0.1, 0.15) is 5.75 Å². The van der Waals surface area contributed by atoms with Gasteiger partial charge in [-0.1, -0.05) is 19.9 Å². The number of nitrogens with one attached hydrogen (secondary N) is 1. The summed E-state index contributed by atoms with van der Waals surface area (Å²) in [4.78, 5) is 0. The van der Waals surface area contributed by atoms with Gasteiger partial charge in [0, 0.05) is 18.9 Å². The second-order valence-corrected chi connectivity index (χ2v) is 4.76. The van der Waals surface area contributed by atoms with Gasteiger partial charge in [0.15, 0.2) is 0 Å². The van der Waals surface area contributed by atoms with Crippen molar-refractivity contribution in [1.29, 1.82) is 0 Å². The van der Waals surface area contributed by atoms with Gasteiger partial charge in [-0.25, -0.2) is 0 Å². The van der Waals surface area contributed by atoms with Crippen molar-refractivity contribution in [3.8, 4) is 5.75 Å². The quantitative estimate of drug-likeness (QED) is 0.781. The predicted molar refractivity (Wildman–Crippen MR) is 73.1 cm³/mol. The van der Waals surface area contributed by atoms with Crippen LogP contribution in [0.25, 0.3) is 0 Å². The first kappa shape index (κ1) is 14.8. The third-order valence-electron chi connectivity index (χ3n) is 3.25. The number of anilines is 1. The van der Waals surface area contributed by atoms with Crippen molar-refractivity contribution in [2.45, 2.75) is 19.4 Å². The monoisotopic (exact) mass is 253 g/mol. The summed E-state index contributed by atoms with van der Waals surface area (Å²) in [6.45, 7) is 4.57. The van der Waals surface area contributed by atoms with E-state index in [1.807, 2.05) is 24.3 Å². The van der Waals surface area contributed by atoms with Crippen molar-refractivity contribution in [3.63, 3.8) is 0 Å². The predicted octanol–water partition coefficient (Wildman–Crippen LogP) is 2.14. The van der Waals surface area contributed by atoms with E-state index in [1.54, 1.807) is 14.2 Å². The number of aliphatic hydroxyl groups is 1. The standard InChI is InChI=1S/C14H23NO3/c1-11(2)14(9-16,10-17-3)15-12-6-5-7-13(8-12)18-4/h5-8,11,15-16H,9-10H2,1-4H3. The average Bonchev–Trinajstić information content (AvgIpc) is 2.38. The van der Waals surface area contributed by atoms with E-state index in [0.29, 0.717) is 6.61 Å². The Balaban J connectivity index is 2.94. The fraction of sp³-hybridized carbons (Fsp3) is 0.571. The van der Waals surface area contributed by atoms with Crippen molar-refractivity contribution in [3.05, 3.63) is 24.3 Å². The highest BCUT2D eigenvalue weighted by atomic mass is 16.5. The molecule has 0 bridgehead atoms. The minimum Gasteiger partial charge on any atom is -0.497 e. The maximum atomic E-state index is 9.69. The summed E-state index contributed by atoms with van der Waals surface area (Å²) in [5, 5.41) is 13.1. The van der Waals surface area contributed by atoms with E-state index < -0.39 is 5.54 Å². The first-order valence-electron chi connectivity index (χ1n) is 6.10. The van der Waals surface area contributed by atoms with Crippen LogP contribution >= 0.6 is 0 Å². The van der Waals surface area contributed by atoms with Gasteiger partial charge in [0.05, 0.1) is 25.9 Å². The molecule has 1 aromatic carbocycles. The maximum absolute atomic E-state index is 9.69. The summed E-state index contributed by atoms with van der Waals surface area (Å²) in [7, 11) is 3.27. The molecule has 1 atom stereocenters. The molecule has 0 spiro atoms. The van der Waals surface area contributed by atoms with Crippen molar-refractivity contribution < 1.29 is 14.6 Å². The zero-order chi connectivity index (χ0) is 13.6. The number of benzene rings is 1. The lowest BCUT2D eigenvalue weighted by Crippen LogP contribution is -2.51. The molecule has 0 aromatic heterocycles. The highest BCUT2D eigenvalue weighted by Crippen LogP contribution is 2.25. The van der Waals surface area contributed by atoms with E-state index in [9.17, 15) is 5.11 Å². The topological polar surface area (TPSA) is 50.7 Å². The van der Waals surface area contributed by atoms with Gasteiger partial charge in [0.2, 0.25) is 0 Å². The highest BCUT2D eigenvalue weighted by Gasteiger charge is 2.33. The van der Waals surface area contributed by atoms with E-state index >= 15 is 0 Å². The van der Waals surface area contributed by atoms with E-state index in [2.05, 4.69) is 19.2 Å². The molecule has 1 unspecified atom stereocenters. The summed E-state index contributed by atoms with van der Waals surface area (Å²) in [6.07, 6.45) is 0. The molecule has 102 valence electrons. The van der Waals surface area contributed by atoms with E-state index in [4.69, 9.17) is 9.47 Å². The zero-order valence-corrected chi connectivity index (χ0v) is 11.6. The molecule has 1 rings (SSSR count). The van der Waals surface area contributed by atoms with Crippen LogP contribution in [0.5, 0.6) is 5.75 Å². The number of hydrogen-bond donors (Lipinski definition) is 2. The third-order valence-corrected chi connectivity index (χ3v) is 3.25. The third kappa shape index (κ3) is 3.37. The van der Waals surface area contributed by atoms with Gasteiger partial charge in [-0.15, -0.1) is 0 Å². The molecule has 18 heavy (non-hydrogen) atoms. The fourth-order valence-corrected chi connectivity index (χ4v) is 1.86. The Bertz CT molecular complexity index is 368. The molecule has 4 nitrogen and oxygen atoms in total. The van der Waals surface area contributed by atoms with Gasteiger partial charge >= 0.3 is 0 Å². The van der Waals surface area contributed by atoms with Crippen molar-refractivity contribution in [1.82, 2.24) is 0 Å². The lowest BCUT2D eigenvalue weighted by atomic mass is 9.87. The molecule has 1 aromatic rings. The largest absolute Gasteiger partial charge is 0.497 e. The molecule has 0 aliphatic heterocycles. The Morgan fingerprint density at radius 2 is 2.06 bits per heavy atom. The number of aliphatic hydroxyl groups excluding tert-OH is 1. The molecule has 0 amide bonds. The summed E-state index contributed by atoms with van der Waals surface area (Å²) in [5.41, 5.74) is 0.426. The Morgan fingerprint density at radius 3 is 2.56 bits per heavy atom. The minimum atomic E-state index is -0.485. The molecule has 2 N–H and O–H groups in total. The second-order valence-electron chi connectivity index (χ2n) is 4.76. The lowest BCUT2D eigenvalue weighted by Gasteiger charge is -2.37. The summed E-state index contributed by atoms with van der Waals surface area (Å²) in [6, 6.07) is 7.65. The Labute approximate surface area is 109 Å². The van der Waals surface area contributed by atoms with Crippen LogP contribution in [-0.2, 0) is 4.74 Å². The minimum absolute atomic E-state index is 0.00964. The first-order chi connectivity index (χ1) is 8.57. The highest BCUT2D eigenvalue weighted by molar-refractivity contribution is 5.50. The number of hydrogen-bond acceptors (Lipinski definition) is 4. The first-order valence-corrected chi connectivity index (χ1v) is 6.10. The lowest BCUT2D eigenvalue weighted by molar-refractivity contribution is 0.0724. The molecule has 4 heteroatoms. The summed E-state index contributed by atoms with van der Waals surface area (Å²) >= 11 is 0. The Kier molecular flexibility index (Phi) is 5.44. The Morgan fingerprint density at radius 1 is 1.33 bits per heavy atom. The van der Waals surface area contributed by atoms with Crippen LogP contribution in [0.3, 0.4) is 0 Å². The molecule has 0 saturated heterocycles. The van der Waals surface area contributed by atoms with Gasteiger partial charge in [-0.2, -0.15) is 0 Å². The summed E-state index contributed by atoms with van der Waals surface area (Å²) in [5.74, 6) is 1.02. The van der Waals surface area contributed by atoms with Crippen LogP contribution in [0, 0.1) is 5.92 Å². The SMILES string of the molecule is COCC(CO)(Nc1cccc(OC)c1)C(C)C. The van der Waals surface area contributed by atoms with E-state index in [-0.39, 0.29) is 12.5 Å². The molecule has 0 heterocycles. The van der Waals surface area contributed by atoms with Crippen molar-refractivity contribution >= 4 is 5.69 Å². The zero-order valence-electron chi connectivity index (χ0n) is 11.6. The number of methoxy groups -OCH3 is 2. The normalized spacial score (nSPS) is 14.3. The van der Waals surface area contributed by atoms with E-state index in [1.165, 1.54) is 0 Å². The smallest absolute Gasteiger partial charge is 0.120 e. The molecule has 0 radical (unpaired) electrons. The molecular weight excluding hydrogens is 230 g/mol. The van der Waals surface area contributed by atoms with Crippen LogP contribution in [-0.4, -0.2) is 38.1 Å². The Hall–Kier alpha value is -1.26. The number of ether oxygens (including phenoxy) is 2.